The van der Waals surface area contributed by atoms with Gasteiger partial charge in [0.2, 0.25) is 0 Å². The largest absolute Gasteiger partial charge is 0.352 e. The molecule has 4 heteroatoms. The molecule has 1 N–H and O–H groups in total. The molecule has 2 nitrogen and oxygen atoms in total. The van der Waals surface area contributed by atoms with E-state index < -0.39 is 0 Å². The molecule has 1 fully saturated rings. The molecule has 1 aliphatic rings. The molecule has 1 aromatic rings. The van der Waals surface area contributed by atoms with Gasteiger partial charge < -0.3 is 5.32 Å². The number of nitrogens with one attached hydrogen (secondary N) is 1. The first kappa shape index (κ1) is 13.7. The van der Waals surface area contributed by atoms with Crippen molar-refractivity contribution in [1.82, 2.24) is 5.32 Å². The lowest BCUT2D eigenvalue weighted by atomic mass is 9.89. The van der Waals surface area contributed by atoms with Gasteiger partial charge in [0, 0.05) is 22.5 Å². The van der Waals surface area contributed by atoms with Gasteiger partial charge in [-0.05, 0) is 55.9 Å². The van der Waals surface area contributed by atoms with E-state index in [2.05, 4.69) is 5.32 Å². The zero-order valence-corrected chi connectivity index (χ0v) is 11.7. The second-order valence-corrected chi connectivity index (χ2v) is 5.89. The van der Waals surface area contributed by atoms with Crippen LogP contribution in [0.5, 0.6) is 0 Å². The summed E-state index contributed by atoms with van der Waals surface area (Å²) in [5, 5.41) is 3.95. The van der Waals surface area contributed by atoms with Crippen LogP contribution in [0.3, 0.4) is 0 Å². The van der Waals surface area contributed by atoms with Crippen LogP contribution in [-0.2, 0) is 0 Å². The third-order valence-electron chi connectivity index (χ3n) is 3.43. The van der Waals surface area contributed by atoms with E-state index >= 15 is 0 Å². The van der Waals surface area contributed by atoms with Crippen LogP contribution >= 0.6 is 23.2 Å². The molecule has 0 unspecified atom stereocenters. The Hall–Kier alpha value is -0.730. The van der Waals surface area contributed by atoms with Crippen LogP contribution in [0.2, 0.25) is 5.02 Å². The molecule has 1 saturated carbocycles. The highest BCUT2D eigenvalue weighted by atomic mass is 35.5. The molecule has 0 spiro atoms. The normalized spacial score (nSPS) is 23.7. The molecule has 0 heterocycles. The Morgan fingerprint density at radius 1 is 1.17 bits per heavy atom. The van der Waals surface area contributed by atoms with Gasteiger partial charge in [0.1, 0.15) is 0 Å². The average molecular weight is 286 g/mol. The first-order chi connectivity index (χ1) is 8.65. The number of alkyl halides is 1. The Bertz CT molecular complexity index is 397. The van der Waals surface area contributed by atoms with Crippen molar-refractivity contribution < 1.29 is 4.79 Å². The lowest BCUT2D eigenvalue weighted by molar-refractivity contribution is 0.0944. The van der Waals surface area contributed by atoms with Gasteiger partial charge in [-0.1, -0.05) is 11.6 Å². The fraction of sp³-hybridized carbons (Fsp3) is 0.500. The monoisotopic (exact) mass is 285 g/mol. The standard InChI is InChI=1S/C14H17Cl2NO/c15-12-5-1-10(2-6-12)9-17-14(18)11-3-7-13(16)8-4-11/h3-4,7-8,10,12H,1-2,5-6,9H2,(H,17,18). The highest BCUT2D eigenvalue weighted by molar-refractivity contribution is 6.30. The van der Waals surface area contributed by atoms with E-state index in [0.717, 1.165) is 32.2 Å². The topological polar surface area (TPSA) is 29.1 Å². The maximum atomic E-state index is 11.9. The molecule has 1 aliphatic carbocycles. The van der Waals surface area contributed by atoms with E-state index in [1.165, 1.54) is 0 Å². The van der Waals surface area contributed by atoms with Crippen LogP contribution in [0.4, 0.5) is 0 Å². The molecule has 0 radical (unpaired) electrons. The highest BCUT2D eigenvalue weighted by Crippen LogP contribution is 2.27. The summed E-state index contributed by atoms with van der Waals surface area (Å²) in [6, 6.07) is 6.95. The molecule has 2 rings (SSSR count). The predicted octanol–water partition coefficient (Wildman–Crippen LogP) is 3.87. The van der Waals surface area contributed by atoms with Crippen molar-refractivity contribution in [2.24, 2.45) is 5.92 Å². The number of halogens is 2. The van der Waals surface area contributed by atoms with E-state index in [9.17, 15) is 4.79 Å². The summed E-state index contributed by atoms with van der Waals surface area (Å²) in [7, 11) is 0. The second kappa shape index (κ2) is 6.44. The van der Waals surface area contributed by atoms with Crippen molar-refractivity contribution in [2.45, 2.75) is 31.1 Å². The van der Waals surface area contributed by atoms with Gasteiger partial charge in [0.05, 0.1) is 0 Å². The van der Waals surface area contributed by atoms with Crippen LogP contribution in [0.1, 0.15) is 36.0 Å². The lowest BCUT2D eigenvalue weighted by Crippen LogP contribution is -2.31. The van der Waals surface area contributed by atoms with E-state index in [-0.39, 0.29) is 5.91 Å². The SMILES string of the molecule is O=C(NCC1CCC(Cl)CC1)c1ccc(Cl)cc1. The molecular formula is C14H17Cl2NO. The smallest absolute Gasteiger partial charge is 0.251 e. The summed E-state index contributed by atoms with van der Waals surface area (Å²) >= 11 is 11.8. The molecule has 0 atom stereocenters. The molecule has 0 aliphatic heterocycles. The molecule has 98 valence electrons. The highest BCUT2D eigenvalue weighted by Gasteiger charge is 2.19. The van der Waals surface area contributed by atoms with Crippen LogP contribution < -0.4 is 5.32 Å². The fourth-order valence-electron chi connectivity index (χ4n) is 2.27. The fourth-order valence-corrected chi connectivity index (χ4v) is 2.64. The number of carbonyl (C=O) groups is 1. The zero-order valence-electron chi connectivity index (χ0n) is 10.2. The number of amides is 1. The molecule has 1 aromatic carbocycles. The molecule has 0 bridgehead atoms. The Morgan fingerprint density at radius 2 is 1.78 bits per heavy atom. The van der Waals surface area contributed by atoms with Crippen LogP contribution in [-0.4, -0.2) is 17.8 Å². The predicted molar refractivity (Wildman–Crippen MR) is 75.4 cm³/mol. The van der Waals surface area contributed by atoms with Gasteiger partial charge in [0.15, 0.2) is 0 Å². The number of rotatable bonds is 3. The van der Waals surface area contributed by atoms with E-state index in [0.29, 0.717) is 21.9 Å². The summed E-state index contributed by atoms with van der Waals surface area (Å²) < 4.78 is 0. The first-order valence-electron chi connectivity index (χ1n) is 6.33. The third kappa shape index (κ3) is 3.89. The van der Waals surface area contributed by atoms with Gasteiger partial charge in [0.25, 0.3) is 5.91 Å². The van der Waals surface area contributed by atoms with E-state index in [1.54, 1.807) is 24.3 Å². The van der Waals surface area contributed by atoms with Crippen molar-refractivity contribution in [3.05, 3.63) is 34.9 Å². The number of benzene rings is 1. The van der Waals surface area contributed by atoms with Gasteiger partial charge in [-0.15, -0.1) is 11.6 Å². The van der Waals surface area contributed by atoms with Crippen LogP contribution in [0, 0.1) is 5.92 Å². The summed E-state index contributed by atoms with van der Waals surface area (Å²) in [6.45, 7) is 0.741. The van der Waals surface area contributed by atoms with Gasteiger partial charge in [-0.2, -0.15) is 0 Å². The molecular weight excluding hydrogens is 269 g/mol. The zero-order chi connectivity index (χ0) is 13.0. The van der Waals surface area contributed by atoms with Crippen LogP contribution in [0.15, 0.2) is 24.3 Å². The molecule has 18 heavy (non-hydrogen) atoms. The number of carbonyl (C=O) groups excluding carboxylic acids is 1. The number of hydrogen-bond acceptors (Lipinski definition) is 1. The maximum Gasteiger partial charge on any atom is 0.251 e. The van der Waals surface area contributed by atoms with E-state index in [4.69, 9.17) is 23.2 Å². The van der Waals surface area contributed by atoms with Crippen molar-refractivity contribution in [3.8, 4) is 0 Å². The molecule has 0 saturated heterocycles. The summed E-state index contributed by atoms with van der Waals surface area (Å²) in [5.74, 6) is 0.538. The minimum absolute atomic E-state index is 0.0281. The van der Waals surface area contributed by atoms with Crippen molar-refractivity contribution in [2.75, 3.05) is 6.54 Å². The molecule has 1 amide bonds. The molecule has 0 aromatic heterocycles. The van der Waals surface area contributed by atoms with Crippen LogP contribution in [0.25, 0.3) is 0 Å². The third-order valence-corrected chi connectivity index (χ3v) is 4.12. The second-order valence-electron chi connectivity index (χ2n) is 4.83. The average Bonchev–Trinajstić information content (AvgIpc) is 2.38. The summed E-state index contributed by atoms with van der Waals surface area (Å²) in [6.07, 6.45) is 4.33. The minimum atomic E-state index is -0.0281. The lowest BCUT2D eigenvalue weighted by Gasteiger charge is -2.25. The Balaban J connectivity index is 1.79. The quantitative estimate of drug-likeness (QED) is 0.840. The van der Waals surface area contributed by atoms with Crippen molar-refractivity contribution in [1.29, 1.82) is 0 Å². The Kier molecular flexibility index (Phi) is 4.90. The van der Waals surface area contributed by atoms with Crippen molar-refractivity contribution in [3.63, 3.8) is 0 Å². The summed E-state index contributed by atoms with van der Waals surface area (Å²) in [4.78, 5) is 11.9. The number of hydrogen-bond donors (Lipinski definition) is 1. The van der Waals surface area contributed by atoms with Gasteiger partial charge in [-0.25, -0.2) is 0 Å². The first-order valence-corrected chi connectivity index (χ1v) is 7.14. The Morgan fingerprint density at radius 3 is 2.39 bits per heavy atom. The Labute approximate surface area is 118 Å². The minimum Gasteiger partial charge on any atom is -0.352 e. The van der Waals surface area contributed by atoms with Crippen molar-refractivity contribution >= 4 is 29.1 Å². The summed E-state index contributed by atoms with van der Waals surface area (Å²) in [5.41, 5.74) is 0.658. The maximum absolute atomic E-state index is 11.9. The van der Waals surface area contributed by atoms with Gasteiger partial charge in [-0.3, -0.25) is 4.79 Å². The van der Waals surface area contributed by atoms with E-state index in [1.807, 2.05) is 0 Å². The van der Waals surface area contributed by atoms with Gasteiger partial charge >= 0.3 is 0 Å².